The average Bonchev–Trinajstić information content (AvgIpc) is 2.50. The highest BCUT2D eigenvalue weighted by atomic mass is 35.5. The predicted molar refractivity (Wildman–Crippen MR) is 92.8 cm³/mol. The monoisotopic (exact) mass is 331 g/mol. The van der Waals surface area contributed by atoms with Gasteiger partial charge in [-0.2, -0.15) is 0 Å². The van der Waals surface area contributed by atoms with Crippen LogP contribution in [0.4, 0.5) is 0 Å². The molecule has 0 aromatic heterocycles. The van der Waals surface area contributed by atoms with Crippen LogP contribution >= 0.6 is 11.6 Å². The molecular formula is C18H18ClNOS. The summed E-state index contributed by atoms with van der Waals surface area (Å²) < 4.78 is 12.8. The van der Waals surface area contributed by atoms with Crippen LogP contribution in [0.2, 0.25) is 5.02 Å². The Balaban J connectivity index is 2.14. The van der Waals surface area contributed by atoms with Crippen LogP contribution in [0, 0.1) is 0 Å². The second-order valence-electron chi connectivity index (χ2n) is 5.62. The molecule has 2 nitrogen and oxygen atoms in total. The number of hydrogen-bond acceptors (Lipinski definition) is 2. The van der Waals surface area contributed by atoms with Gasteiger partial charge in [-0.1, -0.05) is 35.9 Å². The summed E-state index contributed by atoms with van der Waals surface area (Å²) in [7, 11) is 2.98. The lowest BCUT2D eigenvalue weighted by Gasteiger charge is -2.22. The van der Waals surface area contributed by atoms with Crippen LogP contribution in [0.1, 0.15) is 17.5 Å². The molecule has 0 saturated carbocycles. The molecule has 1 aliphatic heterocycles. The highest BCUT2D eigenvalue weighted by molar-refractivity contribution is 7.85. The van der Waals surface area contributed by atoms with Crippen molar-refractivity contribution in [2.24, 2.45) is 0 Å². The summed E-state index contributed by atoms with van der Waals surface area (Å²) in [6, 6.07) is 13.5. The molecule has 1 aliphatic rings. The Morgan fingerprint density at radius 2 is 1.82 bits per heavy atom. The van der Waals surface area contributed by atoms with Gasteiger partial charge in [-0.05, 0) is 61.5 Å². The molecular weight excluding hydrogens is 314 g/mol. The van der Waals surface area contributed by atoms with E-state index in [1.807, 2.05) is 42.5 Å². The fourth-order valence-corrected chi connectivity index (χ4v) is 4.22. The Morgan fingerprint density at radius 1 is 1.09 bits per heavy atom. The second-order valence-corrected chi connectivity index (χ2v) is 7.47. The smallest absolute Gasteiger partial charge is 0.0862 e. The SMILES string of the molecule is CN(C)CC/C=C1/c2ccccc2[S@@](=O)c2ccc(Cl)cc21. The molecule has 0 unspecified atom stereocenters. The van der Waals surface area contributed by atoms with E-state index >= 15 is 0 Å². The molecule has 1 heterocycles. The molecule has 0 fully saturated rings. The van der Waals surface area contributed by atoms with Crippen LogP contribution in [-0.4, -0.2) is 29.7 Å². The van der Waals surface area contributed by atoms with E-state index in [9.17, 15) is 4.21 Å². The zero-order valence-electron chi connectivity index (χ0n) is 12.7. The van der Waals surface area contributed by atoms with E-state index in [1.54, 1.807) is 0 Å². The average molecular weight is 332 g/mol. The minimum absolute atomic E-state index is 0.675. The maximum Gasteiger partial charge on any atom is 0.0862 e. The van der Waals surface area contributed by atoms with Gasteiger partial charge in [-0.3, -0.25) is 0 Å². The van der Waals surface area contributed by atoms with Crippen molar-refractivity contribution in [3.63, 3.8) is 0 Å². The number of rotatable bonds is 3. The first kappa shape index (κ1) is 15.5. The molecule has 4 heteroatoms. The molecule has 0 aliphatic carbocycles. The zero-order chi connectivity index (χ0) is 15.7. The fraction of sp³-hybridized carbons (Fsp3) is 0.222. The van der Waals surface area contributed by atoms with E-state index in [0.29, 0.717) is 5.02 Å². The van der Waals surface area contributed by atoms with Crippen molar-refractivity contribution < 1.29 is 4.21 Å². The molecule has 0 N–H and O–H groups in total. The summed E-state index contributed by atoms with van der Waals surface area (Å²) in [6.07, 6.45) is 3.17. The van der Waals surface area contributed by atoms with Crippen LogP contribution in [0.5, 0.6) is 0 Å². The van der Waals surface area contributed by atoms with Crippen LogP contribution < -0.4 is 0 Å². The summed E-state index contributed by atoms with van der Waals surface area (Å²) in [5.41, 5.74) is 3.17. The maximum absolute atomic E-state index is 12.8. The molecule has 0 saturated heterocycles. The molecule has 3 rings (SSSR count). The summed E-state index contributed by atoms with van der Waals surface area (Å²) in [5, 5.41) is 0.675. The summed E-state index contributed by atoms with van der Waals surface area (Å²) in [5.74, 6) is 0. The van der Waals surface area contributed by atoms with Gasteiger partial charge >= 0.3 is 0 Å². The van der Waals surface area contributed by atoms with Crippen LogP contribution in [0.25, 0.3) is 5.57 Å². The van der Waals surface area contributed by atoms with Crippen LogP contribution in [-0.2, 0) is 10.8 Å². The van der Waals surface area contributed by atoms with Crippen molar-refractivity contribution in [1.82, 2.24) is 4.90 Å². The van der Waals surface area contributed by atoms with Gasteiger partial charge in [0.25, 0.3) is 0 Å². The molecule has 0 bridgehead atoms. The standard InChI is InChI=1S/C18H18ClNOS/c1-20(2)11-5-7-14-15-6-3-4-8-17(15)22(21)18-10-9-13(19)12-16(14)18/h3-4,6-10,12H,5,11H2,1-2H3/b14-7-/t22-/m1/s1. The van der Waals surface area contributed by atoms with Gasteiger partial charge in [-0.15, -0.1) is 0 Å². The van der Waals surface area contributed by atoms with Gasteiger partial charge in [0.1, 0.15) is 0 Å². The topological polar surface area (TPSA) is 20.3 Å². The van der Waals surface area contributed by atoms with Crippen molar-refractivity contribution in [1.29, 1.82) is 0 Å². The number of nitrogens with zero attached hydrogens (tertiary/aromatic N) is 1. The molecule has 1 atom stereocenters. The van der Waals surface area contributed by atoms with E-state index in [2.05, 4.69) is 25.1 Å². The Bertz CT molecular complexity index is 767. The lowest BCUT2D eigenvalue weighted by molar-refractivity contribution is 0.417. The lowest BCUT2D eigenvalue weighted by atomic mass is 9.96. The van der Waals surface area contributed by atoms with E-state index in [0.717, 1.165) is 39.5 Å². The highest BCUT2D eigenvalue weighted by Crippen LogP contribution is 2.40. The Morgan fingerprint density at radius 3 is 2.59 bits per heavy atom. The van der Waals surface area contributed by atoms with E-state index < -0.39 is 10.8 Å². The minimum Gasteiger partial charge on any atom is -0.309 e. The predicted octanol–water partition coefficient (Wildman–Crippen LogP) is 4.20. The fourth-order valence-electron chi connectivity index (χ4n) is 2.68. The van der Waals surface area contributed by atoms with Gasteiger partial charge in [0.2, 0.25) is 0 Å². The normalized spacial score (nSPS) is 18.4. The molecule has 0 spiro atoms. The van der Waals surface area contributed by atoms with Gasteiger partial charge in [0.05, 0.1) is 20.6 Å². The number of fused-ring (bicyclic) bond motifs is 2. The largest absolute Gasteiger partial charge is 0.309 e. The third-order valence-corrected chi connectivity index (χ3v) is 5.48. The van der Waals surface area contributed by atoms with E-state index in [1.165, 1.54) is 0 Å². The number of hydrogen-bond donors (Lipinski definition) is 0. The number of halogens is 1. The quantitative estimate of drug-likeness (QED) is 0.716. The Kier molecular flexibility index (Phi) is 4.48. The van der Waals surface area contributed by atoms with Gasteiger partial charge < -0.3 is 4.90 Å². The van der Waals surface area contributed by atoms with Gasteiger partial charge in [-0.25, -0.2) is 4.21 Å². The van der Waals surface area contributed by atoms with Gasteiger partial charge in [0.15, 0.2) is 0 Å². The molecule has 2 aromatic rings. The van der Waals surface area contributed by atoms with Crippen LogP contribution in [0.3, 0.4) is 0 Å². The van der Waals surface area contributed by atoms with Gasteiger partial charge in [0, 0.05) is 11.6 Å². The molecule has 0 amide bonds. The molecule has 0 radical (unpaired) electrons. The van der Waals surface area contributed by atoms with Crippen molar-refractivity contribution in [2.75, 3.05) is 20.6 Å². The molecule has 2 aromatic carbocycles. The lowest BCUT2D eigenvalue weighted by Crippen LogP contribution is -2.13. The Labute approximate surface area is 138 Å². The van der Waals surface area contributed by atoms with Crippen molar-refractivity contribution >= 4 is 28.0 Å². The van der Waals surface area contributed by atoms with Crippen molar-refractivity contribution in [3.8, 4) is 0 Å². The zero-order valence-corrected chi connectivity index (χ0v) is 14.2. The first-order valence-electron chi connectivity index (χ1n) is 7.24. The van der Waals surface area contributed by atoms with E-state index in [4.69, 9.17) is 11.6 Å². The van der Waals surface area contributed by atoms with Crippen molar-refractivity contribution in [2.45, 2.75) is 16.2 Å². The van der Waals surface area contributed by atoms with Crippen LogP contribution in [0.15, 0.2) is 58.3 Å². The maximum atomic E-state index is 12.8. The third kappa shape index (κ3) is 2.89. The first-order chi connectivity index (χ1) is 10.6. The van der Waals surface area contributed by atoms with Crippen molar-refractivity contribution in [3.05, 3.63) is 64.7 Å². The summed E-state index contributed by atoms with van der Waals surface area (Å²) >= 11 is 6.17. The third-order valence-electron chi connectivity index (χ3n) is 3.73. The number of benzene rings is 2. The highest BCUT2D eigenvalue weighted by Gasteiger charge is 2.25. The van der Waals surface area contributed by atoms with E-state index in [-0.39, 0.29) is 0 Å². The summed E-state index contributed by atoms with van der Waals surface area (Å²) in [4.78, 5) is 3.88. The summed E-state index contributed by atoms with van der Waals surface area (Å²) in [6.45, 7) is 0.977. The second kappa shape index (κ2) is 6.37. The molecule has 114 valence electrons. The molecule has 22 heavy (non-hydrogen) atoms. The first-order valence-corrected chi connectivity index (χ1v) is 8.76. The minimum atomic E-state index is -1.14. The Hall–Kier alpha value is -1.42.